The van der Waals surface area contributed by atoms with E-state index in [2.05, 4.69) is 20.5 Å². The first-order valence-corrected chi connectivity index (χ1v) is 10.7. The summed E-state index contributed by atoms with van der Waals surface area (Å²) < 4.78 is 19.4. The zero-order valence-corrected chi connectivity index (χ0v) is 18.4. The highest BCUT2D eigenvalue weighted by Crippen LogP contribution is 2.25. The fourth-order valence-corrected chi connectivity index (χ4v) is 3.66. The molecule has 2 aromatic carbocycles. The topological polar surface area (TPSA) is 66.0 Å². The van der Waals surface area contributed by atoms with E-state index in [-0.39, 0.29) is 23.9 Å². The molecule has 6 nitrogen and oxygen atoms in total. The Balaban J connectivity index is 1.59. The van der Waals surface area contributed by atoms with Crippen molar-refractivity contribution in [2.24, 2.45) is 4.99 Å². The lowest BCUT2D eigenvalue weighted by atomic mass is 10.1. The van der Waals surface area contributed by atoms with E-state index in [0.717, 1.165) is 35.7 Å². The van der Waals surface area contributed by atoms with Crippen LogP contribution in [0.2, 0.25) is 0 Å². The molecule has 1 fully saturated rings. The molecule has 3 rings (SSSR count). The van der Waals surface area contributed by atoms with Crippen LogP contribution in [0.5, 0.6) is 0 Å². The first-order chi connectivity index (χ1) is 15.0. The molecule has 1 amide bonds. The van der Waals surface area contributed by atoms with Gasteiger partial charge in [0, 0.05) is 32.2 Å². The van der Waals surface area contributed by atoms with Crippen LogP contribution in [0.25, 0.3) is 0 Å². The van der Waals surface area contributed by atoms with Crippen LogP contribution >= 0.6 is 0 Å². The third-order valence-corrected chi connectivity index (χ3v) is 5.18. The Hall–Kier alpha value is -2.93. The summed E-state index contributed by atoms with van der Waals surface area (Å²) in [5.74, 6) is 0.575. The molecule has 0 saturated carbocycles. The Morgan fingerprint density at radius 3 is 2.52 bits per heavy atom. The van der Waals surface area contributed by atoms with E-state index in [1.807, 2.05) is 38.1 Å². The van der Waals surface area contributed by atoms with Crippen molar-refractivity contribution in [1.82, 2.24) is 10.2 Å². The quantitative estimate of drug-likeness (QED) is 0.539. The molecule has 7 heteroatoms. The van der Waals surface area contributed by atoms with Crippen molar-refractivity contribution in [3.63, 3.8) is 0 Å². The maximum atomic E-state index is 13.3. The molecule has 166 valence electrons. The second-order valence-electron chi connectivity index (χ2n) is 7.79. The highest BCUT2D eigenvalue weighted by atomic mass is 19.1. The van der Waals surface area contributed by atoms with Gasteiger partial charge in [-0.05, 0) is 48.7 Å². The van der Waals surface area contributed by atoms with E-state index in [1.54, 1.807) is 19.2 Å². The van der Waals surface area contributed by atoms with Gasteiger partial charge in [0.2, 0.25) is 5.91 Å². The van der Waals surface area contributed by atoms with Crippen LogP contribution in [0.4, 0.5) is 10.1 Å². The normalized spacial score (nSPS) is 19.2. The molecule has 0 aliphatic carbocycles. The van der Waals surface area contributed by atoms with E-state index in [4.69, 9.17) is 4.74 Å². The molecule has 31 heavy (non-hydrogen) atoms. The average molecular weight is 427 g/mol. The number of halogens is 1. The largest absolute Gasteiger partial charge is 0.367 e. The summed E-state index contributed by atoms with van der Waals surface area (Å²) in [5, 5.41) is 6.31. The Morgan fingerprint density at radius 2 is 1.87 bits per heavy atom. The van der Waals surface area contributed by atoms with Crippen LogP contribution in [-0.2, 0) is 16.1 Å². The number of anilines is 1. The van der Waals surface area contributed by atoms with Crippen LogP contribution in [-0.4, -0.2) is 43.0 Å². The molecule has 0 aromatic heterocycles. The number of carbonyl (C=O) groups is 1. The predicted molar refractivity (Wildman–Crippen MR) is 121 cm³/mol. The molecule has 1 heterocycles. The molecule has 2 N–H and O–H groups in total. The molecule has 2 unspecified atom stereocenters. The van der Waals surface area contributed by atoms with Gasteiger partial charge in [0.25, 0.3) is 0 Å². The van der Waals surface area contributed by atoms with Crippen molar-refractivity contribution >= 4 is 17.6 Å². The second-order valence-corrected chi connectivity index (χ2v) is 7.79. The summed E-state index contributed by atoms with van der Waals surface area (Å²) in [6.45, 7) is 5.99. The molecule has 0 spiro atoms. The van der Waals surface area contributed by atoms with Gasteiger partial charge in [0.05, 0.1) is 12.6 Å². The number of nitrogens with zero attached hydrogens (tertiary/aromatic N) is 2. The lowest BCUT2D eigenvalue weighted by molar-refractivity contribution is -0.116. The van der Waals surface area contributed by atoms with Crippen LogP contribution in [0.1, 0.15) is 43.9 Å². The van der Waals surface area contributed by atoms with Gasteiger partial charge in [0.1, 0.15) is 11.9 Å². The maximum absolute atomic E-state index is 13.3. The van der Waals surface area contributed by atoms with Crippen molar-refractivity contribution < 1.29 is 13.9 Å². The number of morpholine rings is 1. The zero-order valence-electron chi connectivity index (χ0n) is 18.4. The second kappa shape index (κ2) is 10.9. The Labute approximate surface area is 183 Å². The van der Waals surface area contributed by atoms with Gasteiger partial charge in [-0.3, -0.25) is 9.79 Å². The fourth-order valence-electron chi connectivity index (χ4n) is 3.66. The lowest BCUT2D eigenvalue weighted by Crippen LogP contribution is -2.50. The fraction of sp³-hybridized carbons (Fsp3) is 0.417. The molecule has 0 radical (unpaired) electrons. The molecular weight excluding hydrogens is 395 g/mol. The van der Waals surface area contributed by atoms with E-state index in [1.165, 1.54) is 12.1 Å². The summed E-state index contributed by atoms with van der Waals surface area (Å²) in [6, 6.07) is 14.3. The Bertz CT molecular complexity index is 883. The number of carbonyl (C=O) groups excluding carboxylic acids is 1. The van der Waals surface area contributed by atoms with Crippen LogP contribution in [0.3, 0.4) is 0 Å². The summed E-state index contributed by atoms with van der Waals surface area (Å²) in [6.07, 6.45) is 1.23. The minimum Gasteiger partial charge on any atom is -0.367 e. The number of ether oxygens (including phenoxy) is 1. The number of rotatable bonds is 6. The van der Waals surface area contributed by atoms with E-state index in [9.17, 15) is 9.18 Å². The summed E-state index contributed by atoms with van der Waals surface area (Å²) in [7, 11) is 1.77. The number of nitrogens with one attached hydrogen (secondary N) is 2. The van der Waals surface area contributed by atoms with Crippen molar-refractivity contribution in [2.75, 3.05) is 25.5 Å². The van der Waals surface area contributed by atoms with Crippen LogP contribution in [0.15, 0.2) is 53.5 Å². The van der Waals surface area contributed by atoms with Gasteiger partial charge >= 0.3 is 0 Å². The average Bonchev–Trinajstić information content (AvgIpc) is 2.75. The summed E-state index contributed by atoms with van der Waals surface area (Å²) in [4.78, 5) is 18.3. The van der Waals surface area contributed by atoms with Crippen molar-refractivity contribution in [2.45, 2.75) is 45.4 Å². The van der Waals surface area contributed by atoms with Crippen LogP contribution < -0.4 is 10.6 Å². The molecular formula is C24H31FN4O2. The number of benzene rings is 2. The first-order valence-electron chi connectivity index (χ1n) is 10.7. The minimum absolute atomic E-state index is 0.0216. The van der Waals surface area contributed by atoms with Gasteiger partial charge in [-0.15, -0.1) is 0 Å². The number of guanidine groups is 1. The van der Waals surface area contributed by atoms with E-state index >= 15 is 0 Å². The van der Waals surface area contributed by atoms with Gasteiger partial charge in [-0.2, -0.15) is 0 Å². The predicted octanol–water partition coefficient (Wildman–Crippen LogP) is 4.10. The minimum atomic E-state index is -0.252. The van der Waals surface area contributed by atoms with Gasteiger partial charge in [0.15, 0.2) is 5.96 Å². The number of hydrogen-bond donors (Lipinski definition) is 2. The standard InChI is InChI=1S/C24H31FN4O2/c1-4-5-23(30)28-21-12-6-18(7-13-21)14-27-24(26-3)29-15-17(2)31-22(16-29)19-8-10-20(25)11-9-19/h6-13,17,22H,4-5,14-16H2,1-3H3,(H,26,27)(H,28,30). The molecule has 0 bridgehead atoms. The number of hydrogen-bond acceptors (Lipinski definition) is 3. The van der Waals surface area contributed by atoms with Crippen molar-refractivity contribution in [3.8, 4) is 0 Å². The van der Waals surface area contributed by atoms with Crippen molar-refractivity contribution in [1.29, 1.82) is 0 Å². The van der Waals surface area contributed by atoms with E-state index < -0.39 is 0 Å². The third kappa shape index (κ3) is 6.52. The highest BCUT2D eigenvalue weighted by molar-refractivity contribution is 5.90. The van der Waals surface area contributed by atoms with Gasteiger partial charge in [-0.1, -0.05) is 31.2 Å². The van der Waals surface area contributed by atoms with Crippen molar-refractivity contribution in [3.05, 3.63) is 65.5 Å². The van der Waals surface area contributed by atoms with Gasteiger partial charge in [-0.25, -0.2) is 4.39 Å². The Morgan fingerprint density at radius 1 is 1.16 bits per heavy atom. The van der Waals surface area contributed by atoms with E-state index in [0.29, 0.717) is 19.5 Å². The van der Waals surface area contributed by atoms with Crippen LogP contribution in [0, 0.1) is 5.82 Å². The Kier molecular flexibility index (Phi) is 8.00. The van der Waals surface area contributed by atoms with Gasteiger partial charge < -0.3 is 20.3 Å². The third-order valence-electron chi connectivity index (χ3n) is 5.18. The summed E-state index contributed by atoms with van der Waals surface area (Å²) >= 11 is 0. The lowest BCUT2D eigenvalue weighted by Gasteiger charge is -2.38. The SMILES string of the molecule is CCCC(=O)Nc1ccc(CNC(=NC)N2CC(C)OC(c3ccc(F)cc3)C2)cc1. The monoisotopic (exact) mass is 426 g/mol. The molecule has 2 atom stereocenters. The number of amides is 1. The highest BCUT2D eigenvalue weighted by Gasteiger charge is 2.28. The first kappa shape index (κ1) is 22.7. The number of aliphatic imine (C=N–C) groups is 1. The smallest absolute Gasteiger partial charge is 0.224 e. The maximum Gasteiger partial charge on any atom is 0.224 e. The summed E-state index contributed by atoms with van der Waals surface area (Å²) in [5.41, 5.74) is 2.84. The molecule has 1 saturated heterocycles. The molecule has 1 aliphatic rings. The molecule has 2 aromatic rings. The molecule has 1 aliphatic heterocycles. The zero-order chi connectivity index (χ0) is 22.2.